The Balaban J connectivity index is 0.000000463. The zero-order valence-corrected chi connectivity index (χ0v) is 14.1. The van der Waals surface area contributed by atoms with E-state index < -0.39 is 0 Å². The average Bonchev–Trinajstić information content (AvgIpc) is 2.56. The molecule has 0 bridgehead atoms. The summed E-state index contributed by atoms with van der Waals surface area (Å²) in [7, 11) is 0. The van der Waals surface area contributed by atoms with E-state index in [0.29, 0.717) is 24.3 Å². The van der Waals surface area contributed by atoms with Crippen LogP contribution in [0.15, 0.2) is 47.7 Å². The fraction of sp³-hybridized carbons (Fsp3) is 0.368. The van der Waals surface area contributed by atoms with Crippen LogP contribution in [-0.4, -0.2) is 18.7 Å². The van der Waals surface area contributed by atoms with Crippen LogP contribution in [0.5, 0.6) is 0 Å². The summed E-state index contributed by atoms with van der Waals surface area (Å²) in [4.78, 5) is 22.6. The molecule has 0 aromatic heterocycles. The zero-order chi connectivity index (χ0) is 17.2. The van der Waals surface area contributed by atoms with Gasteiger partial charge in [0.1, 0.15) is 6.29 Å². The van der Waals surface area contributed by atoms with Crippen molar-refractivity contribution in [3.05, 3.63) is 58.8 Å². The van der Waals surface area contributed by atoms with Crippen molar-refractivity contribution in [1.29, 1.82) is 0 Å². The summed E-state index contributed by atoms with van der Waals surface area (Å²) in [6, 6.07) is 7.47. The summed E-state index contributed by atoms with van der Waals surface area (Å²) in [5.41, 5.74) is 8.43. The Morgan fingerprint density at radius 2 is 1.91 bits per heavy atom. The van der Waals surface area contributed by atoms with E-state index in [-0.39, 0.29) is 5.91 Å². The minimum atomic E-state index is -0.0951. The molecule has 23 heavy (non-hydrogen) atoms. The van der Waals surface area contributed by atoms with E-state index in [2.05, 4.69) is 19.2 Å². The van der Waals surface area contributed by atoms with Crippen molar-refractivity contribution in [3.8, 4) is 0 Å². The molecule has 0 fully saturated rings. The van der Waals surface area contributed by atoms with Gasteiger partial charge in [0.05, 0.1) is 0 Å². The number of aldehydes is 1. The fourth-order valence-electron chi connectivity index (χ4n) is 1.90. The van der Waals surface area contributed by atoms with Gasteiger partial charge in [0.15, 0.2) is 0 Å². The molecule has 0 radical (unpaired) electrons. The van der Waals surface area contributed by atoms with Gasteiger partial charge in [0.2, 0.25) is 0 Å². The van der Waals surface area contributed by atoms with Gasteiger partial charge in [-0.1, -0.05) is 38.1 Å². The first-order valence-corrected chi connectivity index (χ1v) is 7.89. The van der Waals surface area contributed by atoms with E-state index >= 15 is 0 Å². The number of carbonyl (C=O) groups excluding carboxylic acids is 2. The van der Waals surface area contributed by atoms with Gasteiger partial charge < -0.3 is 11.1 Å². The fourth-order valence-corrected chi connectivity index (χ4v) is 1.90. The number of rotatable bonds is 4. The van der Waals surface area contributed by atoms with Crippen molar-refractivity contribution < 1.29 is 9.59 Å². The Bertz CT molecular complexity index is 601. The van der Waals surface area contributed by atoms with Crippen molar-refractivity contribution in [1.82, 2.24) is 5.32 Å². The van der Waals surface area contributed by atoms with Crippen LogP contribution in [0.25, 0.3) is 0 Å². The Labute approximate surface area is 138 Å². The van der Waals surface area contributed by atoms with Crippen molar-refractivity contribution in [3.63, 3.8) is 0 Å². The lowest BCUT2D eigenvalue weighted by Crippen LogP contribution is -2.24. The highest BCUT2D eigenvalue weighted by atomic mass is 16.1. The Morgan fingerprint density at radius 1 is 1.26 bits per heavy atom. The van der Waals surface area contributed by atoms with Crippen LogP contribution in [0.3, 0.4) is 0 Å². The third-order valence-corrected chi connectivity index (χ3v) is 3.47. The molecule has 0 unspecified atom stereocenters. The second kappa shape index (κ2) is 9.74. The van der Waals surface area contributed by atoms with Gasteiger partial charge >= 0.3 is 0 Å². The normalized spacial score (nSPS) is 13.4. The maximum Gasteiger partial charge on any atom is 0.255 e. The molecule has 0 saturated heterocycles. The summed E-state index contributed by atoms with van der Waals surface area (Å²) < 4.78 is 0. The molecule has 0 atom stereocenters. The molecule has 0 spiro atoms. The number of benzene rings is 1. The number of hydrogen-bond donors (Lipinski definition) is 2. The molecule has 0 heterocycles. The van der Waals surface area contributed by atoms with E-state index in [1.54, 1.807) is 18.2 Å². The minimum absolute atomic E-state index is 0.0951. The van der Waals surface area contributed by atoms with Gasteiger partial charge in [0.25, 0.3) is 5.91 Å². The molecule has 1 aliphatic rings. The van der Waals surface area contributed by atoms with Gasteiger partial charge in [-0.3, -0.25) is 9.59 Å². The number of aryl methyl sites for hydroxylation is 1. The van der Waals surface area contributed by atoms with E-state index in [1.165, 1.54) is 0 Å². The molecule has 4 nitrogen and oxygen atoms in total. The largest absolute Gasteiger partial charge is 0.330 e. The quantitative estimate of drug-likeness (QED) is 0.839. The highest BCUT2D eigenvalue weighted by Crippen LogP contribution is 2.16. The molecule has 1 aromatic carbocycles. The molecule has 1 amide bonds. The third kappa shape index (κ3) is 6.61. The summed E-state index contributed by atoms with van der Waals surface area (Å²) in [6.07, 6.45) is 5.79. The van der Waals surface area contributed by atoms with Gasteiger partial charge in [-0.15, -0.1) is 0 Å². The van der Waals surface area contributed by atoms with Crippen LogP contribution in [-0.2, 0) is 4.79 Å². The summed E-state index contributed by atoms with van der Waals surface area (Å²) in [5, 5.41) is 2.88. The number of carbonyl (C=O) groups is 2. The summed E-state index contributed by atoms with van der Waals surface area (Å²) in [5.74, 6) is 0.567. The van der Waals surface area contributed by atoms with Crippen LogP contribution in [0.2, 0.25) is 0 Å². The van der Waals surface area contributed by atoms with Gasteiger partial charge in [-0.25, -0.2) is 0 Å². The molecular weight excluding hydrogens is 288 g/mol. The molecular formula is C19H26N2O2. The van der Waals surface area contributed by atoms with Crippen molar-refractivity contribution in [2.24, 2.45) is 11.7 Å². The van der Waals surface area contributed by atoms with E-state index in [4.69, 9.17) is 5.73 Å². The Kier molecular flexibility index (Phi) is 7.98. The molecule has 1 aromatic rings. The highest BCUT2D eigenvalue weighted by Gasteiger charge is 2.12. The predicted molar refractivity (Wildman–Crippen MR) is 94.0 cm³/mol. The number of hydrogen-bond acceptors (Lipinski definition) is 3. The van der Waals surface area contributed by atoms with Gasteiger partial charge in [-0.2, -0.15) is 0 Å². The first-order valence-electron chi connectivity index (χ1n) is 7.89. The van der Waals surface area contributed by atoms with E-state index in [0.717, 1.165) is 29.7 Å². The second-order valence-corrected chi connectivity index (χ2v) is 5.95. The molecule has 0 saturated carbocycles. The Hall–Kier alpha value is -2.20. The van der Waals surface area contributed by atoms with Crippen molar-refractivity contribution >= 4 is 12.2 Å². The van der Waals surface area contributed by atoms with Crippen LogP contribution >= 0.6 is 0 Å². The second-order valence-electron chi connectivity index (χ2n) is 5.95. The summed E-state index contributed by atoms with van der Waals surface area (Å²) >= 11 is 0. The molecule has 2 rings (SSSR count). The third-order valence-electron chi connectivity index (χ3n) is 3.47. The van der Waals surface area contributed by atoms with E-state index in [9.17, 15) is 9.59 Å². The molecule has 0 aliphatic heterocycles. The van der Waals surface area contributed by atoms with Crippen LogP contribution in [0, 0.1) is 12.8 Å². The number of nitrogens with one attached hydrogen (secondary N) is 1. The maximum absolute atomic E-state index is 12.0. The van der Waals surface area contributed by atoms with Crippen molar-refractivity contribution in [2.45, 2.75) is 33.6 Å². The summed E-state index contributed by atoms with van der Waals surface area (Å²) in [6.45, 7) is 6.91. The molecule has 124 valence electrons. The molecule has 1 aliphatic carbocycles. The molecule has 4 heteroatoms. The molecule has 3 N–H and O–H groups in total. The maximum atomic E-state index is 12.0. The number of allylic oxidation sites excluding steroid dienone is 4. The lowest BCUT2D eigenvalue weighted by Gasteiger charge is -2.13. The van der Waals surface area contributed by atoms with Gasteiger partial charge in [0, 0.05) is 11.3 Å². The van der Waals surface area contributed by atoms with E-state index in [1.807, 2.05) is 25.1 Å². The standard InChI is InChI=1S/C15H15NO2.C4H11N/c1-11-4-2-3-5-14(11)15(18)16-13-8-6-12(10-17)7-9-13;1-4(2)3-5/h2-6,8,10H,7,9H2,1H3,(H,16,18);4H,3,5H2,1-2H3. The highest BCUT2D eigenvalue weighted by molar-refractivity contribution is 5.96. The minimum Gasteiger partial charge on any atom is -0.330 e. The van der Waals surface area contributed by atoms with Crippen molar-refractivity contribution in [2.75, 3.05) is 6.54 Å². The van der Waals surface area contributed by atoms with Crippen LogP contribution < -0.4 is 11.1 Å². The smallest absolute Gasteiger partial charge is 0.255 e. The first-order chi connectivity index (χ1) is 11.0. The number of amides is 1. The lowest BCUT2D eigenvalue weighted by atomic mass is 10.0. The monoisotopic (exact) mass is 314 g/mol. The number of nitrogens with two attached hydrogens (primary N) is 1. The SMILES string of the molecule is CC(C)CN.Cc1ccccc1C(=O)NC1=CC=C(C=O)CC1. The zero-order valence-electron chi connectivity index (χ0n) is 14.1. The van der Waals surface area contributed by atoms with Gasteiger partial charge in [-0.05, 0) is 55.5 Å². The predicted octanol–water partition coefficient (Wildman–Crippen LogP) is 3.13. The Morgan fingerprint density at radius 3 is 2.39 bits per heavy atom. The topological polar surface area (TPSA) is 72.2 Å². The van der Waals surface area contributed by atoms with Crippen LogP contribution in [0.4, 0.5) is 0 Å². The first kappa shape index (κ1) is 18.8. The van der Waals surface area contributed by atoms with Crippen LogP contribution in [0.1, 0.15) is 42.6 Å². The lowest BCUT2D eigenvalue weighted by molar-refractivity contribution is -0.105. The average molecular weight is 314 g/mol.